The third-order valence-corrected chi connectivity index (χ3v) is 1.45. The maximum absolute atomic E-state index is 10.9. The van der Waals surface area contributed by atoms with E-state index < -0.39 is 18.0 Å². The molecule has 0 aromatic carbocycles. The molecule has 1 atom stereocenters. The number of ether oxygens (including phenoxy) is 1. The fourth-order valence-electron chi connectivity index (χ4n) is 0.762. The predicted octanol–water partition coefficient (Wildman–Crippen LogP) is -1.35. The number of H-pyrrole nitrogens is 1. The van der Waals surface area contributed by atoms with Crippen molar-refractivity contribution in [3.8, 4) is 17.5 Å². The van der Waals surface area contributed by atoms with Gasteiger partial charge in [-0.2, -0.15) is 0 Å². The summed E-state index contributed by atoms with van der Waals surface area (Å²) in [5.41, 5.74) is 5.00. The van der Waals surface area contributed by atoms with Crippen molar-refractivity contribution in [2.24, 2.45) is 5.73 Å². The lowest BCUT2D eigenvalue weighted by Gasteiger charge is -2.06. The van der Waals surface area contributed by atoms with Crippen LogP contribution in [0.15, 0.2) is 6.07 Å². The van der Waals surface area contributed by atoms with Crippen molar-refractivity contribution in [1.82, 2.24) is 4.98 Å². The number of aromatic amines is 1. The molecule has 7 heteroatoms. The molecule has 14 heavy (non-hydrogen) atoms. The highest BCUT2D eigenvalue weighted by atomic mass is 16.6. The molecule has 0 amide bonds. The molecule has 0 saturated heterocycles. The zero-order chi connectivity index (χ0) is 10.7. The maximum Gasteiger partial charge on any atom is 0.341 e. The van der Waals surface area contributed by atoms with E-state index in [0.29, 0.717) is 0 Å². The van der Waals surface area contributed by atoms with Gasteiger partial charge in [0.1, 0.15) is 0 Å². The third-order valence-electron chi connectivity index (χ3n) is 1.45. The van der Waals surface area contributed by atoms with Crippen LogP contribution in [0.1, 0.15) is 0 Å². The van der Waals surface area contributed by atoms with Crippen molar-refractivity contribution in [1.29, 1.82) is 0 Å². The topological polar surface area (TPSA) is 129 Å². The number of aliphatic hydroxyl groups excluding tert-OH is 1. The summed E-state index contributed by atoms with van der Waals surface area (Å²) in [6.07, 6.45) is -1.45. The maximum atomic E-state index is 10.9. The average molecular weight is 202 g/mol. The minimum absolute atomic E-state index is 0.264. The average Bonchev–Trinajstić information content (AvgIpc) is 2.44. The normalized spacial score (nSPS) is 12.4. The summed E-state index contributed by atoms with van der Waals surface area (Å²) < 4.78 is 4.51. The number of aromatic hydroxyl groups is 2. The van der Waals surface area contributed by atoms with E-state index in [2.05, 4.69) is 9.72 Å². The highest BCUT2D eigenvalue weighted by Crippen LogP contribution is 2.29. The van der Waals surface area contributed by atoms with Gasteiger partial charge in [0, 0.05) is 12.6 Å². The van der Waals surface area contributed by atoms with E-state index in [4.69, 9.17) is 21.1 Å². The van der Waals surface area contributed by atoms with E-state index in [1.54, 1.807) is 0 Å². The highest BCUT2D eigenvalue weighted by Gasteiger charge is 2.18. The molecule has 7 nitrogen and oxygen atoms in total. The summed E-state index contributed by atoms with van der Waals surface area (Å²) in [6.45, 7) is -0.282. The molecular weight excluding hydrogens is 192 g/mol. The fourth-order valence-corrected chi connectivity index (χ4v) is 0.762. The summed E-state index contributed by atoms with van der Waals surface area (Å²) in [6, 6.07) is 0.996. The Hall–Kier alpha value is -1.73. The van der Waals surface area contributed by atoms with E-state index >= 15 is 0 Å². The van der Waals surface area contributed by atoms with E-state index in [1.165, 1.54) is 0 Å². The summed E-state index contributed by atoms with van der Waals surface area (Å²) in [5.74, 6) is -2.12. The third kappa shape index (κ3) is 2.15. The van der Waals surface area contributed by atoms with Crippen molar-refractivity contribution < 1.29 is 24.9 Å². The summed E-state index contributed by atoms with van der Waals surface area (Å²) in [4.78, 5) is 13.0. The first-order valence-electron chi connectivity index (χ1n) is 3.75. The minimum atomic E-state index is -1.45. The van der Waals surface area contributed by atoms with Gasteiger partial charge in [-0.15, -0.1) is 0 Å². The molecule has 0 aliphatic rings. The van der Waals surface area contributed by atoms with Gasteiger partial charge in [-0.3, -0.25) is 4.98 Å². The van der Waals surface area contributed by atoms with Crippen LogP contribution in [0.25, 0.3) is 0 Å². The number of carbonyl (C=O) groups is 1. The molecule has 78 valence electrons. The zero-order valence-corrected chi connectivity index (χ0v) is 7.10. The van der Waals surface area contributed by atoms with Crippen LogP contribution in [0, 0.1) is 0 Å². The van der Waals surface area contributed by atoms with E-state index in [9.17, 15) is 4.79 Å². The number of carbonyl (C=O) groups excluding carboxylic acids is 1. The van der Waals surface area contributed by atoms with Crippen LogP contribution in [-0.4, -0.2) is 38.9 Å². The van der Waals surface area contributed by atoms with Crippen molar-refractivity contribution in [2.45, 2.75) is 6.10 Å². The molecule has 1 unspecified atom stereocenters. The smallest absolute Gasteiger partial charge is 0.341 e. The van der Waals surface area contributed by atoms with Gasteiger partial charge in [0.25, 0.3) is 0 Å². The monoisotopic (exact) mass is 202 g/mol. The number of esters is 1. The second-order valence-electron chi connectivity index (χ2n) is 2.54. The number of rotatable bonds is 3. The van der Waals surface area contributed by atoms with Crippen LogP contribution < -0.4 is 10.5 Å². The van der Waals surface area contributed by atoms with E-state index in [1.807, 2.05) is 0 Å². The van der Waals surface area contributed by atoms with Crippen LogP contribution in [0.2, 0.25) is 0 Å². The Bertz CT molecular complexity index is 335. The van der Waals surface area contributed by atoms with Crippen LogP contribution in [0.3, 0.4) is 0 Å². The molecule has 0 aliphatic carbocycles. The Balaban J connectivity index is 2.69. The van der Waals surface area contributed by atoms with Gasteiger partial charge in [0.05, 0.1) is 0 Å². The van der Waals surface area contributed by atoms with Crippen LogP contribution in [-0.2, 0) is 4.79 Å². The minimum Gasteiger partial charge on any atom is -0.494 e. The first kappa shape index (κ1) is 10.4. The summed E-state index contributed by atoms with van der Waals surface area (Å²) in [7, 11) is 0. The van der Waals surface area contributed by atoms with Gasteiger partial charge in [0.15, 0.2) is 17.7 Å². The summed E-state index contributed by atoms with van der Waals surface area (Å²) >= 11 is 0. The number of nitrogens with one attached hydrogen (secondary N) is 1. The Labute approximate surface area is 78.7 Å². The predicted molar refractivity (Wildman–Crippen MR) is 44.8 cm³/mol. The molecule has 0 bridgehead atoms. The SMILES string of the molecule is NCC(O)C(=O)Oc1cc(O)[nH]c1O. The summed E-state index contributed by atoms with van der Waals surface area (Å²) in [5, 5.41) is 26.8. The first-order valence-corrected chi connectivity index (χ1v) is 3.75. The molecule has 1 heterocycles. The number of hydrogen-bond acceptors (Lipinski definition) is 6. The Morgan fingerprint density at radius 1 is 1.64 bits per heavy atom. The molecule has 0 spiro atoms. The number of nitrogens with two attached hydrogens (primary N) is 1. The van der Waals surface area contributed by atoms with Gasteiger partial charge < -0.3 is 25.8 Å². The Morgan fingerprint density at radius 3 is 2.71 bits per heavy atom. The van der Waals surface area contributed by atoms with Crippen LogP contribution in [0.5, 0.6) is 17.5 Å². The second kappa shape index (κ2) is 3.99. The lowest BCUT2D eigenvalue weighted by Crippen LogP contribution is -2.32. The Kier molecular flexibility index (Phi) is 2.95. The van der Waals surface area contributed by atoms with Crippen LogP contribution in [0.4, 0.5) is 0 Å². The number of aliphatic hydroxyl groups is 1. The van der Waals surface area contributed by atoms with Crippen molar-refractivity contribution in [3.05, 3.63) is 6.07 Å². The molecule has 1 aromatic heterocycles. The molecule has 1 aromatic rings. The molecular formula is C7H10N2O5. The number of hydrogen-bond donors (Lipinski definition) is 5. The fraction of sp³-hybridized carbons (Fsp3) is 0.286. The standard InChI is InChI=1S/C7H10N2O5/c8-2-3(10)7(13)14-4-1-5(11)9-6(4)12/h1,3,9-12H,2,8H2. The van der Waals surface area contributed by atoms with Gasteiger partial charge in [0.2, 0.25) is 5.88 Å². The molecule has 0 radical (unpaired) electrons. The van der Waals surface area contributed by atoms with Crippen molar-refractivity contribution in [2.75, 3.05) is 6.54 Å². The van der Waals surface area contributed by atoms with Gasteiger partial charge in [-0.1, -0.05) is 0 Å². The Morgan fingerprint density at radius 2 is 2.29 bits per heavy atom. The van der Waals surface area contributed by atoms with Gasteiger partial charge in [-0.05, 0) is 0 Å². The quantitative estimate of drug-likeness (QED) is 0.385. The van der Waals surface area contributed by atoms with E-state index in [-0.39, 0.29) is 18.2 Å². The molecule has 1 rings (SSSR count). The zero-order valence-electron chi connectivity index (χ0n) is 7.10. The number of aromatic nitrogens is 1. The first-order chi connectivity index (χ1) is 6.54. The largest absolute Gasteiger partial charge is 0.494 e. The highest BCUT2D eigenvalue weighted by molar-refractivity contribution is 5.77. The second-order valence-corrected chi connectivity index (χ2v) is 2.54. The van der Waals surface area contributed by atoms with Crippen molar-refractivity contribution in [3.63, 3.8) is 0 Å². The lowest BCUT2D eigenvalue weighted by molar-refractivity contribution is -0.143. The molecule has 0 aliphatic heterocycles. The van der Waals surface area contributed by atoms with Gasteiger partial charge >= 0.3 is 5.97 Å². The van der Waals surface area contributed by atoms with Crippen molar-refractivity contribution >= 4 is 5.97 Å². The molecule has 0 fully saturated rings. The molecule has 0 saturated carbocycles. The van der Waals surface area contributed by atoms with Crippen LogP contribution >= 0.6 is 0 Å². The van der Waals surface area contributed by atoms with Gasteiger partial charge in [-0.25, -0.2) is 4.79 Å². The van der Waals surface area contributed by atoms with E-state index in [0.717, 1.165) is 6.07 Å². The molecule has 6 N–H and O–H groups in total. The lowest BCUT2D eigenvalue weighted by atomic mass is 10.4.